The number of carbonyl (C=O) groups excluding carboxylic acids is 1. The quantitative estimate of drug-likeness (QED) is 0.881. The summed E-state index contributed by atoms with van der Waals surface area (Å²) in [5, 5.41) is 5.81. The van der Waals surface area contributed by atoms with Gasteiger partial charge in [0.1, 0.15) is 0 Å². The van der Waals surface area contributed by atoms with E-state index in [-0.39, 0.29) is 24.2 Å². The Morgan fingerprint density at radius 3 is 2.20 bits per heavy atom. The highest BCUT2D eigenvalue weighted by atomic mass is 35.5. The van der Waals surface area contributed by atoms with E-state index in [9.17, 15) is 18.0 Å². The number of piperidine rings is 1. The largest absolute Gasteiger partial charge is 0.416 e. The number of nitrogens with one attached hydrogen (secondary N) is 2. The van der Waals surface area contributed by atoms with E-state index in [4.69, 9.17) is 0 Å². The van der Waals surface area contributed by atoms with Crippen molar-refractivity contribution in [3.05, 3.63) is 29.8 Å². The third-order valence-corrected chi connectivity index (χ3v) is 3.19. The van der Waals surface area contributed by atoms with E-state index in [0.717, 1.165) is 38.1 Å². The number of halogens is 4. The first-order chi connectivity index (χ1) is 8.97. The molecule has 1 aromatic rings. The van der Waals surface area contributed by atoms with Crippen LogP contribution in [0.2, 0.25) is 0 Å². The lowest BCUT2D eigenvalue weighted by molar-refractivity contribution is -0.137. The van der Waals surface area contributed by atoms with Crippen LogP contribution in [0.4, 0.5) is 18.9 Å². The van der Waals surface area contributed by atoms with E-state index >= 15 is 0 Å². The molecule has 0 bridgehead atoms. The van der Waals surface area contributed by atoms with Crippen LogP contribution in [0.15, 0.2) is 24.3 Å². The van der Waals surface area contributed by atoms with Crippen molar-refractivity contribution in [2.24, 2.45) is 5.92 Å². The van der Waals surface area contributed by atoms with Crippen molar-refractivity contribution in [2.45, 2.75) is 19.0 Å². The van der Waals surface area contributed by atoms with E-state index in [2.05, 4.69) is 10.6 Å². The van der Waals surface area contributed by atoms with Gasteiger partial charge in [-0.3, -0.25) is 4.79 Å². The second kappa shape index (κ2) is 6.95. The second-order valence-electron chi connectivity index (χ2n) is 4.59. The molecule has 0 atom stereocenters. The highest BCUT2D eigenvalue weighted by Gasteiger charge is 2.30. The van der Waals surface area contributed by atoms with Gasteiger partial charge in [0.15, 0.2) is 0 Å². The van der Waals surface area contributed by atoms with Gasteiger partial charge in [0, 0.05) is 11.6 Å². The van der Waals surface area contributed by atoms with Crippen molar-refractivity contribution in [2.75, 3.05) is 18.4 Å². The number of benzene rings is 1. The molecule has 1 heterocycles. The third-order valence-electron chi connectivity index (χ3n) is 3.19. The average Bonchev–Trinajstić information content (AvgIpc) is 2.39. The van der Waals surface area contributed by atoms with Gasteiger partial charge in [0.2, 0.25) is 5.91 Å². The minimum Gasteiger partial charge on any atom is -0.326 e. The number of alkyl halides is 3. The Hall–Kier alpha value is -1.27. The van der Waals surface area contributed by atoms with E-state index in [1.807, 2.05) is 0 Å². The van der Waals surface area contributed by atoms with Gasteiger partial charge in [-0.05, 0) is 50.2 Å². The zero-order chi connectivity index (χ0) is 13.9. The van der Waals surface area contributed by atoms with Gasteiger partial charge in [-0.25, -0.2) is 0 Å². The maximum absolute atomic E-state index is 12.4. The Kier molecular flexibility index (Phi) is 5.83. The van der Waals surface area contributed by atoms with E-state index in [0.29, 0.717) is 5.69 Å². The fraction of sp³-hybridized carbons (Fsp3) is 0.462. The molecule has 2 N–H and O–H groups in total. The minimum atomic E-state index is -4.35. The molecule has 1 aliphatic rings. The number of amides is 1. The van der Waals surface area contributed by atoms with Gasteiger partial charge in [0.05, 0.1) is 5.56 Å². The Morgan fingerprint density at radius 1 is 1.15 bits per heavy atom. The summed E-state index contributed by atoms with van der Waals surface area (Å²) in [6.45, 7) is 1.59. The summed E-state index contributed by atoms with van der Waals surface area (Å²) in [4.78, 5) is 11.9. The Labute approximate surface area is 121 Å². The summed E-state index contributed by atoms with van der Waals surface area (Å²) in [7, 11) is 0. The predicted octanol–water partition coefficient (Wildman–Crippen LogP) is 3.07. The zero-order valence-corrected chi connectivity index (χ0v) is 11.5. The fourth-order valence-corrected chi connectivity index (χ4v) is 2.07. The van der Waals surface area contributed by atoms with Gasteiger partial charge in [-0.2, -0.15) is 13.2 Å². The highest BCUT2D eigenvalue weighted by Crippen LogP contribution is 2.30. The van der Waals surface area contributed by atoms with Gasteiger partial charge >= 0.3 is 6.18 Å². The van der Waals surface area contributed by atoms with Crippen LogP contribution in [-0.4, -0.2) is 19.0 Å². The van der Waals surface area contributed by atoms with E-state index in [1.54, 1.807) is 0 Å². The van der Waals surface area contributed by atoms with Crippen molar-refractivity contribution in [3.8, 4) is 0 Å². The smallest absolute Gasteiger partial charge is 0.326 e. The monoisotopic (exact) mass is 308 g/mol. The third kappa shape index (κ3) is 4.38. The molecule has 1 aliphatic heterocycles. The molecule has 0 unspecified atom stereocenters. The number of anilines is 1. The molecule has 0 spiro atoms. The van der Waals surface area contributed by atoms with Crippen molar-refractivity contribution in [1.29, 1.82) is 0 Å². The van der Waals surface area contributed by atoms with E-state index in [1.165, 1.54) is 12.1 Å². The van der Waals surface area contributed by atoms with Crippen molar-refractivity contribution < 1.29 is 18.0 Å². The molecular weight excluding hydrogens is 293 g/mol. The lowest BCUT2D eigenvalue weighted by Crippen LogP contribution is -2.34. The summed E-state index contributed by atoms with van der Waals surface area (Å²) >= 11 is 0. The highest BCUT2D eigenvalue weighted by molar-refractivity contribution is 5.92. The SMILES string of the molecule is Cl.O=C(Nc1ccc(C(F)(F)F)cc1)C1CCNCC1. The first kappa shape index (κ1) is 16.8. The summed E-state index contributed by atoms with van der Waals surface area (Å²) in [6, 6.07) is 4.50. The van der Waals surface area contributed by atoms with Crippen LogP contribution in [0.25, 0.3) is 0 Å². The van der Waals surface area contributed by atoms with Crippen LogP contribution < -0.4 is 10.6 Å². The fourth-order valence-electron chi connectivity index (χ4n) is 2.07. The number of carbonyl (C=O) groups is 1. The molecule has 0 aliphatic carbocycles. The summed E-state index contributed by atoms with van der Waals surface area (Å²) < 4.78 is 37.1. The molecule has 1 aromatic carbocycles. The minimum absolute atomic E-state index is 0. The van der Waals surface area contributed by atoms with Gasteiger partial charge < -0.3 is 10.6 Å². The Balaban J connectivity index is 0.00000200. The molecule has 112 valence electrons. The normalized spacial score (nSPS) is 16.4. The molecular formula is C13H16ClF3N2O. The number of hydrogen-bond donors (Lipinski definition) is 2. The van der Waals surface area contributed by atoms with E-state index < -0.39 is 11.7 Å². The van der Waals surface area contributed by atoms with Crippen LogP contribution in [0, 0.1) is 5.92 Å². The topological polar surface area (TPSA) is 41.1 Å². The molecule has 3 nitrogen and oxygen atoms in total. The van der Waals surface area contributed by atoms with Gasteiger partial charge in [-0.15, -0.1) is 12.4 Å². The van der Waals surface area contributed by atoms with Crippen molar-refractivity contribution in [1.82, 2.24) is 5.32 Å². The molecule has 1 fully saturated rings. The van der Waals surface area contributed by atoms with Gasteiger partial charge in [-0.1, -0.05) is 0 Å². The Bertz CT molecular complexity index is 442. The molecule has 2 rings (SSSR count). The lowest BCUT2D eigenvalue weighted by Gasteiger charge is -2.21. The van der Waals surface area contributed by atoms with Crippen molar-refractivity contribution in [3.63, 3.8) is 0 Å². The number of hydrogen-bond acceptors (Lipinski definition) is 2. The number of rotatable bonds is 2. The first-order valence-corrected chi connectivity index (χ1v) is 6.15. The maximum Gasteiger partial charge on any atom is 0.416 e. The van der Waals surface area contributed by atoms with Crippen LogP contribution in [0.1, 0.15) is 18.4 Å². The second-order valence-corrected chi connectivity index (χ2v) is 4.59. The molecule has 1 amide bonds. The summed E-state index contributed by atoms with van der Waals surface area (Å²) in [6.07, 6.45) is -2.84. The molecule has 7 heteroatoms. The molecule has 20 heavy (non-hydrogen) atoms. The van der Waals surface area contributed by atoms with Crippen LogP contribution in [0.3, 0.4) is 0 Å². The standard InChI is InChI=1S/C13H15F3N2O.ClH/c14-13(15,16)10-1-3-11(4-2-10)18-12(19)9-5-7-17-8-6-9;/h1-4,9,17H,5-8H2,(H,18,19);1H. The van der Waals surface area contributed by atoms with Crippen LogP contribution >= 0.6 is 12.4 Å². The van der Waals surface area contributed by atoms with Crippen molar-refractivity contribution >= 4 is 24.0 Å². The van der Waals surface area contributed by atoms with Crippen LogP contribution in [-0.2, 0) is 11.0 Å². The molecule has 0 saturated carbocycles. The first-order valence-electron chi connectivity index (χ1n) is 6.15. The average molecular weight is 309 g/mol. The van der Waals surface area contributed by atoms with Crippen LogP contribution in [0.5, 0.6) is 0 Å². The zero-order valence-electron chi connectivity index (χ0n) is 10.7. The molecule has 1 saturated heterocycles. The lowest BCUT2D eigenvalue weighted by atomic mass is 9.97. The summed E-state index contributed by atoms with van der Waals surface area (Å²) in [5.74, 6) is -0.190. The predicted molar refractivity (Wildman–Crippen MR) is 72.9 cm³/mol. The molecule has 0 aromatic heterocycles. The Morgan fingerprint density at radius 2 is 1.70 bits per heavy atom. The molecule has 0 radical (unpaired) electrons. The summed E-state index contributed by atoms with van der Waals surface area (Å²) in [5.41, 5.74) is -0.316. The van der Waals surface area contributed by atoms with Gasteiger partial charge in [0.25, 0.3) is 0 Å². The maximum atomic E-state index is 12.4.